The highest BCUT2D eigenvalue weighted by Gasteiger charge is 2.30. The zero-order valence-electron chi connectivity index (χ0n) is 14.9. The van der Waals surface area contributed by atoms with E-state index in [0.717, 1.165) is 48.4 Å². The van der Waals surface area contributed by atoms with Gasteiger partial charge in [0.15, 0.2) is 0 Å². The first-order valence-electron chi connectivity index (χ1n) is 8.94. The molecule has 3 nitrogen and oxygen atoms in total. The second-order valence-electron chi connectivity index (χ2n) is 6.53. The van der Waals surface area contributed by atoms with Crippen molar-refractivity contribution in [3.8, 4) is 11.3 Å². The van der Waals surface area contributed by atoms with Crippen LogP contribution in [0.1, 0.15) is 29.7 Å². The number of halogens is 3. The standard InChI is InChI=1S/C22H17F3N2O/c23-22(24,25)18-7-1-4-15(12-18)20-9-8-19(28-20)13-16-5-3-11-27-21(16)17-6-2-10-26-14-17/h1-2,4,6-10,12-14H,3,5,11H2/b16-13-. The van der Waals surface area contributed by atoms with Crippen LogP contribution in [0.2, 0.25) is 0 Å². The minimum atomic E-state index is -4.38. The van der Waals surface area contributed by atoms with Gasteiger partial charge in [-0.15, -0.1) is 0 Å². The Bertz CT molecular complexity index is 1030. The summed E-state index contributed by atoms with van der Waals surface area (Å²) >= 11 is 0. The molecule has 4 rings (SSSR count). The summed E-state index contributed by atoms with van der Waals surface area (Å²) in [4.78, 5) is 8.77. The zero-order chi connectivity index (χ0) is 19.6. The number of hydrogen-bond acceptors (Lipinski definition) is 3. The predicted octanol–water partition coefficient (Wildman–Crippen LogP) is 6.03. The molecule has 1 aliphatic heterocycles. The molecule has 0 aliphatic carbocycles. The summed E-state index contributed by atoms with van der Waals surface area (Å²) in [6.45, 7) is 0.759. The number of rotatable bonds is 3. The number of hydrogen-bond donors (Lipinski definition) is 0. The molecule has 3 aromatic rings. The summed E-state index contributed by atoms with van der Waals surface area (Å²) in [5.74, 6) is 0.981. The van der Waals surface area contributed by atoms with Crippen LogP contribution >= 0.6 is 0 Å². The fraction of sp³-hybridized carbons (Fsp3) is 0.182. The third-order valence-corrected chi connectivity index (χ3v) is 4.53. The molecule has 142 valence electrons. The molecule has 0 atom stereocenters. The van der Waals surface area contributed by atoms with E-state index in [0.29, 0.717) is 17.1 Å². The van der Waals surface area contributed by atoms with Gasteiger partial charge in [-0.2, -0.15) is 13.2 Å². The third kappa shape index (κ3) is 3.91. The van der Waals surface area contributed by atoms with Crippen molar-refractivity contribution < 1.29 is 17.6 Å². The van der Waals surface area contributed by atoms with Crippen LogP contribution in [0.4, 0.5) is 13.2 Å². The van der Waals surface area contributed by atoms with Crippen LogP contribution in [0.25, 0.3) is 17.4 Å². The summed E-state index contributed by atoms with van der Waals surface area (Å²) in [5, 5.41) is 0. The van der Waals surface area contributed by atoms with Crippen molar-refractivity contribution in [1.29, 1.82) is 0 Å². The van der Waals surface area contributed by atoms with Gasteiger partial charge in [0.2, 0.25) is 0 Å². The van der Waals surface area contributed by atoms with E-state index in [1.54, 1.807) is 30.6 Å². The number of nitrogens with zero attached hydrogens (tertiary/aromatic N) is 2. The maximum atomic E-state index is 12.9. The van der Waals surface area contributed by atoms with E-state index in [-0.39, 0.29) is 0 Å². The van der Waals surface area contributed by atoms with Crippen molar-refractivity contribution in [2.45, 2.75) is 19.0 Å². The van der Waals surface area contributed by atoms with E-state index in [2.05, 4.69) is 9.98 Å². The Hall–Kier alpha value is -3.15. The lowest BCUT2D eigenvalue weighted by Gasteiger charge is -2.15. The molecule has 0 saturated carbocycles. The zero-order valence-corrected chi connectivity index (χ0v) is 14.9. The number of allylic oxidation sites excluding steroid dienone is 1. The van der Waals surface area contributed by atoms with Gasteiger partial charge in [0.1, 0.15) is 11.5 Å². The molecule has 0 amide bonds. The van der Waals surface area contributed by atoms with Crippen LogP contribution in [-0.2, 0) is 6.18 Å². The number of pyridine rings is 1. The Morgan fingerprint density at radius 1 is 1.00 bits per heavy atom. The first-order chi connectivity index (χ1) is 13.5. The van der Waals surface area contributed by atoms with Gasteiger partial charge in [0.05, 0.1) is 11.3 Å². The lowest BCUT2D eigenvalue weighted by atomic mass is 9.96. The molecule has 0 bridgehead atoms. The average Bonchev–Trinajstić information content (AvgIpc) is 3.17. The number of furan rings is 1. The predicted molar refractivity (Wildman–Crippen MR) is 102 cm³/mol. The van der Waals surface area contributed by atoms with Gasteiger partial charge in [0, 0.05) is 30.1 Å². The quantitative estimate of drug-likeness (QED) is 0.555. The molecule has 1 aromatic carbocycles. The molecular weight excluding hydrogens is 365 g/mol. The van der Waals surface area contributed by atoms with Crippen molar-refractivity contribution in [2.24, 2.45) is 4.99 Å². The van der Waals surface area contributed by atoms with E-state index in [9.17, 15) is 13.2 Å². The molecule has 0 unspecified atom stereocenters. The summed E-state index contributed by atoms with van der Waals surface area (Å²) in [6.07, 6.45) is 2.80. The molecule has 0 spiro atoms. The molecule has 2 aromatic heterocycles. The SMILES string of the molecule is FC(F)(F)c1cccc(-c2ccc(/C=C3/CCCN=C3c3cccnc3)o2)c1. The smallest absolute Gasteiger partial charge is 0.416 e. The first kappa shape index (κ1) is 18.2. The van der Waals surface area contributed by atoms with Crippen LogP contribution < -0.4 is 0 Å². The fourth-order valence-corrected chi connectivity index (χ4v) is 3.21. The van der Waals surface area contributed by atoms with E-state index < -0.39 is 11.7 Å². The highest BCUT2D eigenvalue weighted by atomic mass is 19.4. The Kier molecular flexibility index (Phi) is 4.86. The van der Waals surface area contributed by atoms with Crippen LogP contribution in [0, 0.1) is 0 Å². The third-order valence-electron chi connectivity index (χ3n) is 4.53. The Balaban J connectivity index is 1.64. The van der Waals surface area contributed by atoms with Gasteiger partial charge in [-0.25, -0.2) is 0 Å². The van der Waals surface area contributed by atoms with E-state index in [1.165, 1.54) is 6.07 Å². The largest absolute Gasteiger partial charge is 0.457 e. The number of aliphatic imine (C=N–C) groups is 1. The molecule has 0 saturated heterocycles. The van der Waals surface area contributed by atoms with E-state index in [4.69, 9.17) is 4.42 Å². The molecule has 1 aliphatic rings. The number of alkyl halides is 3. The second-order valence-corrected chi connectivity index (χ2v) is 6.53. The number of aromatic nitrogens is 1. The molecule has 28 heavy (non-hydrogen) atoms. The van der Waals surface area contributed by atoms with Gasteiger partial charge in [-0.1, -0.05) is 12.1 Å². The first-order valence-corrected chi connectivity index (χ1v) is 8.94. The molecule has 0 fully saturated rings. The Labute approximate surface area is 160 Å². The van der Waals surface area contributed by atoms with Crippen molar-refractivity contribution in [1.82, 2.24) is 4.98 Å². The summed E-state index contributed by atoms with van der Waals surface area (Å²) in [7, 11) is 0. The summed E-state index contributed by atoms with van der Waals surface area (Å²) < 4.78 is 44.6. The lowest BCUT2D eigenvalue weighted by molar-refractivity contribution is -0.137. The topological polar surface area (TPSA) is 38.4 Å². The summed E-state index contributed by atoms with van der Waals surface area (Å²) in [5.41, 5.74) is 2.56. The Morgan fingerprint density at radius 2 is 1.86 bits per heavy atom. The molecule has 0 N–H and O–H groups in total. The molecule has 3 heterocycles. The minimum absolute atomic E-state index is 0.393. The highest BCUT2D eigenvalue weighted by Crippen LogP contribution is 2.33. The van der Waals surface area contributed by atoms with Crippen LogP contribution in [0.5, 0.6) is 0 Å². The van der Waals surface area contributed by atoms with Crippen molar-refractivity contribution >= 4 is 11.8 Å². The van der Waals surface area contributed by atoms with E-state index in [1.807, 2.05) is 18.2 Å². The van der Waals surface area contributed by atoms with E-state index >= 15 is 0 Å². The van der Waals surface area contributed by atoms with Crippen molar-refractivity contribution in [2.75, 3.05) is 6.54 Å². The van der Waals surface area contributed by atoms with Crippen LogP contribution in [-0.4, -0.2) is 17.2 Å². The maximum Gasteiger partial charge on any atom is 0.416 e. The molecular formula is C22H17F3N2O. The van der Waals surface area contributed by atoms with Crippen LogP contribution in [0.15, 0.2) is 75.9 Å². The minimum Gasteiger partial charge on any atom is -0.457 e. The fourth-order valence-electron chi connectivity index (χ4n) is 3.21. The molecule has 0 radical (unpaired) electrons. The van der Waals surface area contributed by atoms with Crippen molar-refractivity contribution in [3.63, 3.8) is 0 Å². The number of benzene rings is 1. The highest BCUT2D eigenvalue weighted by molar-refractivity contribution is 6.15. The van der Waals surface area contributed by atoms with Gasteiger partial charge in [0.25, 0.3) is 0 Å². The van der Waals surface area contributed by atoms with Gasteiger partial charge < -0.3 is 4.42 Å². The second kappa shape index (κ2) is 7.46. The average molecular weight is 382 g/mol. The van der Waals surface area contributed by atoms with Gasteiger partial charge in [-0.3, -0.25) is 9.98 Å². The monoisotopic (exact) mass is 382 g/mol. The van der Waals surface area contributed by atoms with Gasteiger partial charge in [-0.05, 0) is 60.9 Å². The van der Waals surface area contributed by atoms with Crippen molar-refractivity contribution in [3.05, 3.63) is 83.4 Å². The van der Waals surface area contributed by atoms with Crippen LogP contribution in [0.3, 0.4) is 0 Å². The van der Waals surface area contributed by atoms with Gasteiger partial charge >= 0.3 is 6.18 Å². The Morgan fingerprint density at radius 3 is 2.64 bits per heavy atom. The molecule has 6 heteroatoms. The lowest BCUT2D eigenvalue weighted by Crippen LogP contribution is -2.11. The normalized spacial score (nSPS) is 16.2. The maximum absolute atomic E-state index is 12.9. The summed E-state index contributed by atoms with van der Waals surface area (Å²) in [6, 6.07) is 12.4.